The van der Waals surface area contributed by atoms with Crippen molar-refractivity contribution in [3.8, 4) is 0 Å². The van der Waals surface area contributed by atoms with Gasteiger partial charge in [-0.15, -0.1) is 11.6 Å². The highest BCUT2D eigenvalue weighted by atomic mass is 35.5. The SMILES string of the molecule is Cc1cccc(CCC(=O)NCc2ccc(CCl)cc2)c1. The minimum Gasteiger partial charge on any atom is -0.352 e. The molecule has 2 aromatic rings. The van der Waals surface area contributed by atoms with E-state index in [2.05, 4.69) is 30.4 Å². The van der Waals surface area contributed by atoms with Gasteiger partial charge in [-0.3, -0.25) is 4.79 Å². The molecule has 0 saturated carbocycles. The lowest BCUT2D eigenvalue weighted by molar-refractivity contribution is -0.121. The number of nitrogens with one attached hydrogen (secondary N) is 1. The lowest BCUT2D eigenvalue weighted by Gasteiger charge is -2.06. The third-order valence-corrected chi connectivity index (χ3v) is 3.70. The first-order chi connectivity index (χ1) is 10.2. The molecule has 0 aliphatic carbocycles. The van der Waals surface area contributed by atoms with Crippen LogP contribution in [0.25, 0.3) is 0 Å². The molecule has 0 unspecified atom stereocenters. The Morgan fingerprint density at radius 3 is 2.43 bits per heavy atom. The molecule has 1 N–H and O–H groups in total. The summed E-state index contributed by atoms with van der Waals surface area (Å²) in [6, 6.07) is 16.2. The molecule has 0 bridgehead atoms. The van der Waals surface area contributed by atoms with Gasteiger partial charge in [0.25, 0.3) is 0 Å². The first-order valence-electron chi connectivity index (χ1n) is 7.13. The molecule has 2 aromatic carbocycles. The van der Waals surface area contributed by atoms with Crippen molar-refractivity contribution in [2.24, 2.45) is 0 Å². The van der Waals surface area contributed by atoms with Crippen molar-refractivity contribution in [3.05, 3.63) is 70.8 Å². The molecular formula is C18H20ClNO. The molecular weight excluding hydrogens is 282 g/mol. The molecule has 1 amide bonds. The zero-order chi connectivity index (χ0) is 15.1. The van der Waals surface area contributed by atoms with Crippen LogP contribution in [-0.2, 0) is 23.6 Å². The molecule has 0 aromatic heterocycles. The maximum atomic E-state index is 11.9. The molecule has 21 heavy (non-hydrogen) atoms. The molecule has 0 aliphatic rings. The van der Waals surface area contributed by atoms with Crippen LogP contribution in [0.15, 0.2) is 48.5 Å². The second-order valence-corrected chi connectivity index (χ2v) is 5.48. The number of benzene rings is 2. The van der Waals surface area contributed by atoms with E-state index in [1.54, 1.807) is 0 Å². The molecule has 110 valence electrons. The lowest BCUT2D eigenvalue weighted by atomic mass is 10.1. The number of amides is 1. The Balaban J connectivity index is 1.76. The molecule has 0 aliphatic heterocycles. The summed E-state index contributed by atoms with van der Waals surface area (Å²) in [4.78, 5) is 11.9. The van der Waals surface area contributed by atoms with Crippen LogP contribution in [-0.4, -0.2) is 5.91 Å². The summed E-state index contributed by atoms with van der Waals surface area (Å²) in [6.45, 7) is 2.63. The smallest absolute Gasteiger partial charge is 0.220 e. The zero-order valence-electron chi connectivity index (χ0n) is 12.2. The van der Waals surface area contributed by atoms with E-state index < -0.39 is 0 Å². The van der Waals surface area contributed by atoms with Crippen molar-refractivity contribution in [3.63, 3.8) is 0 Å². The largest absolute Gasteiger partial charge is 0.352 e. The zero-order valence-corrected chi connectivity index (χ0v) is 13.0. The monoisotopic (exact) mass is 301 g/mol. The second kappa shape index (κ2) is 7.84. The highest BCUT2D eigenvalue weighted by molar-refractivity contribution is 6.17. The molecule has 0 saturated heterocycles. The van der Waals surface area contributed by atoms with Crippen molar-refractivity contribution < 1.29 is 4.79 Å². The second-order valence-electron chi connectivity index (χ2n) is 5.22. The van der Waals surface area contributed by atoms with Gasteiger partial charge < -0.3 is 5.32 Å². The van der Waals surface area contributed by atoms with E-state index in [0.29, 0.717) is 18.8 Å². The van der Waals surface area contributed by atoms with Gasteiger partial charge in [-0.1, -0.05) is 54.1 Å². The molecule has 0 fully saturated rings. The predicted molar refractivity (Wildman–Crippen MR) is 87.3 cm³/mol. The summed E-state index contributed by atoms with van der Waals surface area (Å²) in [5.74, 6) is 0.598. The van der Waals surface area contributed by atoms with Crippen LogP contribution in [0.4, 0.5) is 0 Å². The van der Waals surface area contributed by atoms with Gasteiger partial charge >= 0.3 is 0 Å². The quantitative estimate of drug-likeness (QED) is 0.803. The van der Waals surface area contributed by atoms with Crippen LogP contribution in [0.5, 0.6) is 0 Å². The summed E-state index contributed by atoms with van der Waals surface area (Å²) in [7, 11) is 0. The van der Waals surface area contributed by atoms with E-state index >= 15 is 0 Å². The Morgan fingerprint density at radius 1 is 1.05 bits per heavy atom. The van der Waals surface area contributed by atoms with Gasteiger partial charge in [-0.25, -0.2) is 0 Å². The number of rotatable bonds is 6. The van der Waals surface area contributed by atoms with Crippen molar-refractivity contribution >= 4 is 17.5 Å². The maximum Gasteiger partial charge on any atom is 0.220 e. The summed E-state index contributed by atoms with van der Waals surface area (Å²) >= 11 is 5.75. The Bertz CT molecular complexity index is 592. The Labute approximate surface area is 131 Å². The molecule has 0 spiro atoms. The van der Waals surface area contributed by atoms with E-state index in [9.17, 15) is 4.79 Å². The van der Waals surface area contributed by atoms with E-state index in [0.717, 1.165) is 17.5 Å². The molecule has 3 heteroatoms. The first kappa shape index (κ1) is 15.6. The molecule has 2 rings (SSSR count). The summed E-state index contributed by atoms with van der Waals surface area (Å²) in [5.41, 5.74) is 4.61. The number of carbonyl (C=O) groups is 1. The van der Waals surface area contributed by atoms with Gasteiger partial charge in [0.1, 0.15) is 0 Å². The third kappa shape index (κ3) is 5.24. The highest BCUT2D eigenvalue weighted by Gasteiger charge is 2.03. The minimum atomic E-state index is 0.0814. The van der Waals surface area contributed by atoms with Crippen molar-refractivity contribution in [1.82, 2.24) is 5.32 Å². The Kier molecular flexibility index (Phi) is 5.82. The average molecular weight is 302 g/mol. The summed E-state index contributed by atoms with van der Waals surface area (Å²) in [6.07, 6.45) is 1.29. The van der Waals surface area contributed by atoms with Gasteiger partial charge in [-0.05, 0) is 30.0 Å². The first-order valence-corrected chi connectivity index (χ1v) is 7.67. The normalized spacial score (nSPS) is 10.4. The van der Waals surface area contributed by atoms with E-state index in [1.165, 1.54) is 11.1 Å². The van der Waals surface area contributed by atoms with Gasteiger partial charge in [0, 0.05) is 18.8 Å². The summed E-state index contributed by atoms with van der Waals surface area (Å²) < 4.78 is 0. The maximum absolute atomic E-state index is 11.9. The molecule has 0 radical (unpaired) electrons. The number of hydrogen-bond donors (Lipinski definition) is 1. The topological polar surface area (TPSA) is 29.1 Å². The molecule has 0 atom stereocenters. The predicted octanol–water partition coefficient (Wildman–Crippen LogP) is 3.98. The number of aryl methyl sites for hydroxylation is 2. The van der Waals surface area contributed by atoms with Crippen LogP contribution in [0, 0.1) is 6.92 Å². The van der Waals surface area contributed by atoms with Gasteiger partial charge in [0.15, 0.2) is 0 Å². The Hall–Kier alpha value is -1.80. The van der Waals surface area contributed by atoms with Gasteiger partial charge in [-0.2, -0.15) is 0 Å². The minimum absolute atomic E-state index is 0.0814. The van der Waals surface area contributed by atoms with Crippen LogP contribution in [0.3, 0.4) is 0 Å². The molecule has 0 heterocycles. The van der Waals surface area contributed by atoms with Crippen LogP contribution >= 0.6 is 11.6 Å². The highest BCUT2D eigenvalue weighted by Crippen LogP contribution is 2.08. The van der Waals surface area contributed by atoms with E-state index in [-0.39, 0.29) is 5.91 Å². The molecule has 2 nitrogen and oxygen atoms in total. The van der Waals surface area contributed by atoms with Crippen molar-refractivity contribution in [1.29, 1.82) is 0 Å². The Morgan fingerprint density at radius 2 is 1.76 bits per heavy atom. The van der Waals surface area contributed by atoms with Gasteiger partial charge in [0.05, 0.1) is 0 Å². The van der Waals surface area contributed by atoms with Crippen molar-refractivity contribution in [2.75, 3.05) is 0 Å². The number of carbonyl (C=O) groups excluding carboxylic acids is 1. The third-order valence-electron chi connectivity index (χ3n) is 3.39. The number of halogens is 1. The fraction of sp³-hybridized carbons (Fsp3) is 0.278. The lowest BCUT2D eigenvalue weighted by Crippen LogP contribution is -2.22. The fourth-order valence-corrected chi connectivity index (χ4v) is 2.34. The van der Waals surface area contributed by atoms with Crippen LogP contribution in [0.1, 0.15) is 28.7 Å². The van der Waals surface area contributed by atoms with Crippen molar-refractivity contribution in [2.45, 2.75) is 32.2 Å². The van der Waals surface area contributed by atoms with E-state index in [4.69, 9.17) is 11.6 Å². The van der Waals surface area contributed by atoms with E-state index in [1.807, 2.05) is 30.3 Å². The van der Waals surface area contributed by atoms with Gasteiger partial charge in [0.2, 0.25) is 5.91 Å². The summed E-state index contributed by atoms with van der Waals surface area (Å²) in [5, 5.41) is 2.95. The number of hydrogen-bond acceptors (Lipinski definition) is 1. The number of alkyl halides is 1. The average Bonchev–Trinajstić information content (AvgIpc) is 2.51. The van der Waals surface area contributed by atoms with Crippen LogP contribution in [0.2, 0.25) is 0 Å². The van der Waals surface area contributed by atoms with Crippen LogP contribution < -0.4 is 5.32 Å². The standard InChI is InChI=1S/C18H20ClNO/c1-14-3-2-4-15(11-14)9-10-18(21)20-13-17-7-5-16(12-19)6-8-17/h2-8,11H,9-10,12-13H2,1H3,(H,20,21). The fourth-order valence-electron chi connectivity index (χ4n) is 2.16.